The molecule has 2 aromatic rings. The standard InChI is InChI=1S/C17H21N3O4S/c1-11-9-16(24-19-11)10-25(22,23)20-12(2)13-5-7-15(8-6-13)18-17(21)14-3-4-14/h5-9,12,14,20H,3-4,10H2,1-2H3,(H,18,21)/t12-/m1/s1. The number of nitrogens with one attached hydrogen (secondary N) is 2. The maximum absolute atomic E-state index is 12.2. The molecule has 1 aromatic carbocycles. The average Bonchev–Trinajstić information content (AvgIpc) is 3.31. The summed E-state index contributed by atoms with van der Waals surface area (Å²) in [5, 5.41) is 6.54. The molecule has 1 heterocycles. The second kappa shape index (κ2) is 6.97. The van der Waals surface area contributed by atoms with Gasteiger partial charge in [-0.1, -0.05) is 17.3 Å². The largest absolute Gasteiger partial charge is 0.360 e. The van der Waals surface area contributed by atoms with Crippen molar-refractivity contribution in [3.63, 3.8) is 0 Å². The van der Waals surface area contributed by atoms with Gasteiger partial charge in [0.1, 0.15) is 5.75 Å². The molecule has 2 N–H and O–H groups in total. The molecule has 0 radical (unpaired) electrons. The number of aromatic nitrogens is 1. The first-order chi connectivity index (χ1) is 11.8. The molecule has 0 spiro atoms. The molecule has 7 nitrogen and oxygen atoms in total. The van der Waals surface area contributed by atoms with E-state index in [4.69, 9.17) is 4.52 Å². The number of sulfonamides is 1. The van der Waals surface area contributed by atoms with Gasteiger partial charge in [0.05, 0.1) is 5.69 Å². The number of benzene rings is 1. The predicted molar refractivity (Wildman–Crippen MR) is 93.2 cm³/mol. The van der Waals surface area contributed by atoms with Crippen LogP contribution in [-0.2, 0) is 20.6 Å². The summed E-state index contributed by atoms with van der Waals surface area (Å²) in [6.07, 6.45) is 1.90. The van der Waals surface area contributed by atoms with E-state index in [-0.39, 0.29) is 17.6 Å². The molecule has 1 aliphatic carbocycles. The second-order valence-corrected chi connectivity index (χ2v) is 8.17. The fraction of sp³-hybridized carbons (Fsp3) is 0.412. The van der Waals surface area contributed by atoms with Gasteiger partial charge in [-0.3, -0.25) is 4.79 Å². The molecule has 25 heavy (non-hydrogen) atoms. The Hall–Kier alpha value is -2.19. The van der Waals surface area contributed by atoms with Crippen molar-refractivity contribution in [1.29, 1.82) is 0 Å². The van der Waals surface area contributed by atoms with Crippen LogP contribution in [0.25, 0.3) is 0 Å². The van der Waals surface area contributed by atoms with Crippen LogP contribution >= 0.6 is 0 Å². The first-order valence-corrected chi connectivity index (χ1v) is 9.80. The lowest BCUT2D eigenvalue weighted by molar-refractivity contribution is -0.117. The van der Waals surface area contributed by atoms with Crippen LogP contribution in [0, 0.1) is 12.8 Å². The van der Waals surface area contributed by atoms with Gasteiger partial charge in [0.15, 0.2) is 5.76 Å². The molecule has 1 aromatic heterocycles. The molecule has 0 saturated heterocycles. The number of amides is 1. The van der Waals surface area contributed by atoms with E-state index in [0.717, 1.165) is 18.4 Å². The number of carbonyl (C=O) groups is 1. The second-order valence-electron chi connectivity index (χ2n) is 6.42. The van der Waals surface area contributed by atoms with Crippen molar-refractivity contribution in [2.75, 3.05) is 5.32 Å². The van der Waals surface area contributed by atoms with E-state index in [0.29, 0.717) is 17.1 Å². The topological polar surface area (TPSA) is 101 Å². The van der Waals surface area contributed by atoms with E-state index in [1.165, 1.54) is 0 Å². The minimum absolute atomic E-state index is 0.0452. The fourth-order valence-corrected chi connectivity index (χ4v) is 3.76. The van der Waals surface area contributed by atoms with Crippen LogP contribution in [0.15, 0.2) is 34.9 Å². The summed E-state index contributed by atoms with van der Waals surface area (Å²) in [7, 11) is -3.55. The van der Waals surface area contributed by atoms with E-state index >= 15 is 0 Å². The van der Waals surface area contributed by atoms with Gasteiger partial charge in [0, 0.05) is 23.7 Å². The lowest BCUT2D eigenvalue weighted by atomic mass is 10.1. The van der Waals surface area contributed by atoms with E-state index in [9.17, 15) is 13.2 Å². The number of anilines is 1. The first kappa shape index (κ1) is 17.6. The van der Waals surface area contributed by atoms with E-state index < -0.39 is 16.1 Å². The highest BCUT2D eigenvalue weighted by atomic mass is 32.2. The van der Waals surface area contributed by atoms with Crippen LogP contribution in [0.2, 0.25) is 0 Å². The Morgan fingerprint density at radius 3 is 2.56 bits per heavy atom. The van der Waals surface area contributed by atoms with Gasteiger partial charge in [-0.25, -0.2) is 13.1 Å². The highest BCUT2D eigenvalue weighted by molar-refractivity contribution is 7.88. The molecule has 3 rings (SSSR count). The Kier molecular flexibility index (Phi) is 4.91. The van der Waals surface area contributed by atoms with Crippen LogP contribution in [0.3, 0.4) is 0 Å². The number of rotatable bonds is 7. The van der Waals surface area contributed by atoms with Crippen LogP contribution in [-0.4, -0.2) is 19.5 Å². The molecule has 8 heteroatoms. The normalized spacial score (nSPS) is 15.8. The third kappa shape index (κ3) is 4.90. The van der Waals surface area contributed by atoms with E-state index in [1.54, 1.807) is 44.2 Å². The third-order valence-corrected chi connectivity index (χ3v) is 5.37. The highest BCUT2D eigenvalue weighted by Crippen LogP contribution is 2.30. The zero-order valence-electron chi connectivity index (χ0n) is 14.2. The molecule has 1 aliphatic rings. The van der Waals surface area contributed by atoms with Gasteiger partial charge in [-0.2, -0.15) is 0 Å². The molecule has 1 atom stereocenters. The van der Waals surface area contributed by atoms with Gasteiger partial charge in [0.25, 0.3) is 0 Å². The summed E-state index contributed by atoms with van der Waals surface area (Å²) < 4.78 is 32.0. The molecule has 0 aliphatic heterocycles. The zero-order chi connectivity index (χ0) is 18.0. The van der Waals surface area contributed by atoms with E-state index in [1.807, 2.05) is 0 Å². The molecule has 1 amide bonds. The number of nitrogens with zero attached hydrogens (tertiary/aromatic N) is 1. The molecule has 1 fully saturated rings. The summed E-state index contributed by atoms with van der Waals surface area (Å²) in [6.45, 7) is 3.50. The molecule has 134 valence electrons. The highest BCUT2D eigenvalue weighted by Gasteiger charge is 2.29. The number of aryl methyl sites for hydroxylation is 1. The minimum atomic E-state index is -3.55. The monoisotopic (exact) mass is 363 g/mol. The van der Waals surface area contributed by atoms with Crippen molar-refractivity contribution in [2.45, 2.75) is 38.5 Å². The van der Waals surface area contributed by atoms with Crippen LogP contribution in [0.1, 0.15) is 42.8 Å². The molecule has 1 saturated carbocycles. The summed E-state index contributed by atoms with van der Waals surface area (Å²) in [6, 6.07) is 8.35. The van der Waals surface area contributed by atoms with Crippen molar-refractivity contribution < 1.29 is 17.7 Å². The van der Waals surface area contributed by atoms with Crippen molar-refractivity contribution >= 4 is 21.6 Å². The van der Waals surface area contributed by atoms with E-state index in [2.05, 4.69) is 15.2 Å². The zero-order valence-corrected chi connectivity index (χ0v) is 15.0. The smallest absolute Gasteiger partial charge is 0.227 e. The Morgan fingerprint density at radius 2 is 2.00 bits per heavy atom. The third-order valence-electron chi connectivity index (χ3n) is 3.99. The SMILES string of the molecule is Cc1cc(CS(=O)(=O)N[C@H](C)c2ccc(NC(=O)C3CC3)cc2)on1. The summed E-state index contributed by atoms with van der Waals surface area (Å²) in [4.78, 5) is 11.7. The van der Waals surface area contributed by atoms with Crippen LogP contribution < -0.4 is 10.0 Å². The van der Waals surface area contributed by atoms with Gasteiger partial charge in [-0.05, 0) is 44.4 Å². The number of carbonyl (C=O) groups excluding carboxylic acids is 1. The molecule has 0 unspecified atom stereocenters. The lowest BCUT2D eigenvalue weighted by Crippen LogP contribution is -2.28. The van der Waals surface area contributed by atoms with Gasteiger partial charge >= 0.3 is 0 Å². The minimum Gasteiger partial charge on any atom is -0.360 e. The van der Waals surface area contributed by atoms with Crippen molar-refractivity contribution in [2.24, 2.45) is 5.92 Å². The van der Waals surface area contributed by atoms with Gasteiger partial charge in [0.2, 0.25) is 15.9 Å². The van der Waals surface area contributed by atoms with Crippen LogP contribution in [0.5, 0.6) is 0 Å². The maximum atomic E-state index is 12.2. The first-order valence-electron chi connectivity index (χ1n) is 8.15. The van der Waals surface area contributed by atoms with Crippen LogP contribution in [0.4, 0.5) is 5.69 Å². The van der Waals surface area contributed by atoms with Crippen molar-refractivity contribution in [1.82, 2.24) is 9.88 Å². The summed E-state index contributed by atoms with van der Waals surface area (Å²) in [5.74, 6) is 0.234. The number of hydrogen-bond acceptors (Lipinski definition) is 5. The Morgan fingerprint density at radius 1 is 1.32 bits per heavy atom. The van der Waals surface area contributed by atoms with Gasteiger partial charge in [-0.15, -0.1) is 0 Å². The Balaban J connectivity index is 1.59. The number of hydrogen-bond donors (Lipinski definition) is 2. The fourth-order valence-electron chi connectivity index (χ4n) is 2.50. The summed E-state index contributed by atoms with van der Waals surface area (Å²) >= 11 is 0. The molecular weight excluding hydrogens is 342 g/mol. The molecular formula is C17H21N3O4S. The summed E-state index contributed by atoms with van der Waals surface area (Å²) in [5.41, 5.74) is 2.16. The van der Waals surface area contributed by atoms with Gasteiger partial charge < -0.3 is 9.84 Å². The average molecular weight is 363 g/mol. The van der Waals surface area contributed by atoms with Crippen molar-refractivity contribution in [3.05, 3.63) is 47.3 Å². The molecule has 0 bridgehead atoms. The maximum Gasteiger partial charge on any atom is 0.227 e. The van der Waals surface area contributed by atoms with Crippen molar-refractivity contribution in [3.8, 4) is 0 Å². The Labute approximate surface area is 146 Å². The lowest BCUT2D eigenvalue weighted by Gasteiger charge is -2.14. The predicted octanol–water partition coefficient (Wildman–Crippen LogP) is 2.51. The Bertz CT molecular complexity index is 854. The quantitative estimate of drug-likeness (QED) is 0.787.